The highest BCUT2D eigenvalue weighted by Gasteiger charge is 2.17. The number of para-hydroxylation sites is 2. The quantitative estimate of drug-likeness (QED) is 0.689. The summed E-state index contributed by atoms with van der Waals surface area (Å²) in [6, 6.07) is 13.3. The third-order valence-corrected chi connectivity index (χ3v) is 4.57. The SMILES string of the molecule is CCC(NC(=O)C=Cc1cnc2ccccc2n1)c1ccc2c(c1)OCCO2. The smallest absolute Gasteiger partial charge is 0.244 e. The van der Waals surface area contributed by atoms with Gasteiger partial charge in [0.15, 0.2) is 11.5 Å². The molecule has 0 saturated carbocycles. The van der Waals surface area contributed by atoms with Crippen LogP contribution in [-0.2, 0) is 4.79 Å². The number of aromatic nitrogens is 2. The summed E-state index contributed by atoms with van der Waals surface area (Å²) in [5.74, 6) is 1.28. The molecule has 6 nitrogen and oxygen atoms in total. The van der Waals surface area contributed by atoms with Gasteiger partial charge in [-0.15, -0.1) is 0 Å². The van der Waals surface area contributed by atoms with Gasteiger partial charge in [0.1, 0.15) is 13.2 Å². The van der Waals surface area contributed by atoms with Crippen LogP contribution >= 0.6 is 0 Å². The molecule has 0 saturated heterocycles. The molecule has 0 spiro atoms. The lowest BCUT2D eigenvalue weighted by Gasteiger charge is -2.22. The molecule has 1 aliphatic rings. The van der Waals surface area contributed by atoms with Gasteiger partial charge in [0.25, 0.3) is 0 Å². The lowest BCUT2D eigenvalue weighted by Crippen LogP contribution is -2.26. The highest BCUT2D eigenvalue weighted by molar-refractivity contribution is 5.92. The van der Waals surface area contributed by atoms with E-state index in [2.05, 4.69) is 15.3 Å². The van der Waals surface area contributed by atoms with Gasteiger partial charge in [-0.05, 0) is 42.3 Å². The minimum Gasteiger partial charge on any atom is -0.486 e. The highest BCUT2D eigenvalue weighted by atomic mass is 16.6. The Morgan fingerprint density at radius 3 is 2.75 bits per heavy atom. The molecule has 1 N–H and O–H groups in total. The van der Waals surface area contributed by atoms with E-state index in [4.69, 9.17) is 9.47 Å². The Balaban J connectivity index is 1.45. The lowest BCUT2D eigenvalue weighted by molar-refractivity contribution is -0.117. The first-order valence-corrected chi connectivity index (χ1v) is 9.33. The van der Waals surface area contributed by atoms with Crippen molar-refractivity contribution in [2.75, 3.05) is 13.2 Å². The average molecular weight is 375 g/mol. The third-order valence-electron chi connectivity index (χ3n) is 4.57. The van der Waals surface area contributed by atoms with E-state index in [1.165, 1.54) is 6.08 Å². The van der Waals surface area contributed by atoms with Crippen molar-refractivity contribution in [3.8, 4) is 11.5 Å². The molecular formula is C22H21N3O3. The van der Waals surface area contributed by atoms with Gasteiger partial charge >= 0.3 is 0 Å². The number of hydrogen-bond donors (Lipinski definition) is 1. The summed E-state index contributed by atoms with van der Waals surface area (Å²) < 4.78 is 11.2. The number of fused-ring (bicyclic) bond motifs is 2. The number of nitrogens with zero attached hydrogens (tertiary/aromatic N) is 2. The fourth-order valence-corrected chi connectivity index (χ4v) is 3.13. The Bertz CT molecular complexity index is 1030. The first kappa shape index (κ1) is 18.0. The molecule has 2 heterocycles. The standard InChI is InChI=1S/C22H21N3O3/c1-2-17(15-7-9-20-21(13-15)28-12-11-27-20)25-22(26)10-8-16-14-23-18-5-3-4-6-19(18)24-16/h3-10,13-14,17H,2,11-12H2,1H3,(H,25,26). The molecule has 1 unspecified atom stereocenters. The number of carbonyl (C=O) groups excluding carboxylic acids is 1. The Kier molecular flexibility index (Phi) is 5.19. The number of benzene rings is 2. The Morgan fingerprint density at radius 1 is 1.14 bits per heavy atom. The number of amides is 1. The number of rotatable bonds is 5. The Labute approximate surface area is 163 Å². The molecule has 2 aromatic carbocycles. The van der Waals surface area contributed by atoms with Gasteiger partial charge in [-0.3, -0.25) is 9.78 Å². The maximum atomic E-state index is 12.4. The molecular weight excluding hydrogens is 354 g/mol. The zero-order valence-electron chi connectivity index (χ0n) is 15.6. The van der Waals surface area contributed by atoms with Crippen molar-refractivity contribution in [2.24, 2.45) is 0 Å². The van der Waals surface area contributed by atoms with Crippen LogP contribution in [0.1, 0.15) is 30.6 Å². The number of ether oxygens (including phenoxy) is 2. The topological polar surface area (TPSA) is 73.3 Å². The first-order chi connectivity index (χ1) is 13.7. The van der Waals surface area contributed by atoms with Crippen LogP contribution in [0.25, 0.3) is 17.1 Å². The van der Waals surface area contributed by atoms with E-state index in [9.17, 15) is 4.79 Å². The molecule has 1 amide bonds. The molecule has 1 aromatic heterocycles. The highest BCUT2D eigenvalue weighted by Crippen LogP contribution is 2.33. The lowest BCUT2D eigenvalue weighted by atomic mass is 10.0. The second-order valence-electron chi connectivity index (χ2n) is 6.49. The van der Waals surface area contributed by atoms with Crippen molar-refractivity contribution in [2.45, 2.75) is 19.4 Å². The molecule has 28 heavy (non-hydrogen) atoms. The molecule has 0 bridgehead atoms. The molecule has 6 heteroatoms. The van der Waals surface area contributed by atoms with Gasteiger partial charge in [-0.1, -0.05) is 25.1 Å². The van der Waals surface area contributed by atoms with Crippen molar-refractivity contribution >= 4 is 23.0 Å². The molecule has 4 rings (SSSR count). The van der Waals surface area contributed by atoms with Crippen LogP contribution in [-0.4, -0.2) is 29.1 Å². The number of carbonyl (C=O) groups is 1. The summed E-state index contributed by atoms with van der Waals surface area (Å²) in [6.07, 6.45) is 5.57. The third kappa shape index (κ3) is 3.96. The summed E-state index contributed by atoms with van der Waals surface area (Å²) in [5, 5.41) is 3.03. The van der Waals surface area contributed by atoms with E-state index in [1.807, 2.05) is 49.4 Å². The van der Waals surface area contributed by atoms with Crippen LogP contribution in [0.4, 0.5) is 0 Å². The zero-order valence-corrected chi connectivity index (χ0v) is 15.6. The summed E-state index contributed by atoms with van der Waals surface area (Å²) >= 11 is 0. The fraction of sp³-hybridized carbons (Fsp3) is 0.227. The molecule has 3 aromatic rings. The monoisotopic (exact) mass is 375 g/mol. The van der Waals surface area contributed by atoms with Gasteiger partial charge in [0.2, 0.25) is 5.91 Å². The summed E-state index contributed by atoms with van der Waals surface area (Å²) in [5.41, 5.74) is 3.25. The van der Waals surface area contributed by atoms with Crippen LogP contribution in [0.5, 0.6) is 11.5 Å². The molecule has 142 valence electrons. The molecule has 1 atom stereocenters. The molecule has 1 aliphatic heterocycles. The van der Waals surface area contributed by atoms with E-state index >= 15 is 0 Å². The van der Waals surface area contributed by atoms with Crippen molar-refractivity contribution in [1.82, 2.24) is 15.3 Å². The Hall–Kier alpha value is -3.41. The predicted octanol–water partition coefficient (Wildman–Crippen LogP) is 3.68. The van der Waals surface area contributed by atoms with E-state index < -0.39 is 0 Å². The molecule has 0 fully saturated rings. The van der Waals surface area contributed by atoms with E-state index in [-0.39, 0.29) is 11.9 Å². The number of nitrogens with one attached hydrogen (secondary N) is 1. The Morgan fingerprint density at radius 2 is 1.93 bits per heavy atom. The molecule has 0 radical (unpaired) electrons. The van der Waals surface area contributed by atoms with Gasteiger partial charge in [-0.25, -0.2) is 4.98 Å². The number of hydrogen-bond acceptors (Lipinski definition) is 5. The van der Waals surface area contributed by atoms with Gasteiger partial charge in [0, 0.05) is 6.08 Å². The van der Waals surface area contributed by atoms with Crippen LogP contribution < -0.4 is 14.8 Å². The minimum atomic E-state index is -0.184. The van der Waals surface area contributed by atoms with Gasteiger partial charge in [0.05, 0.1) is 29.0 Å². The van der Waals surface area contributed by atoms with Crippen LogP contribution in [0.3, 0.4) is 0 Å². The van der Waals surface area contributed by atoms with Crippen LogP contribution in [0.2, 0.25) is 0 Å². The van der Waals surface area contributed by atoms with Crippen molar-refractivity contribution in [3.63, 3.8) is 0 Å². The van der Waals surface area contributed by atoms with Crippen LogP contribution in [0, 0.1) is 0 Å². The minimum absolute atomic E-state index is 0.115. The van der Waals surface area contributed by atoms with Crippen molar-refractivity contribution in [3.05, 3.63) is 66.0 Å². The van der Waals surface area contributed by atoms with E-state index in [1.54, 1.807) is 12.3 Å². The first-order valence-electron chi connectivity index (χ1n) is 9.33. The van der Waals surface area contributed by atoms with E-state index in [0.717, 1.165) is 34.5 Å². The van der Waals surface area contributed by atoms with Crippen molar-refractivity contribution < 1.29 is 14.3 Å². The normalized spacial score (nSPS) is 14.2. The summed E-state index contributed by atoms with van der Waals surface area (Å²) in [4.78, 5) is 21.3. The zero-order chi connectivity index (χ0) is 19.3. The predicted molar refractivity (Wildman–Crippen MR) is 107 cm³/mol. The van der Waals surface area contributed by atoms with E-state index in [0.29, 0.717) is 18.9 Å². The summed E-state index contributed by atoms with van der Waals surface area (Å²) in [6.45, 7) is 3.12. The maximum Gasteiger partial charge on any atom is 0.244 e. The van der Waals surface area contributed by atoms with Gasteiger partial charge < -0.3 is 14.8 Å². The maximum absolute atomic E-state index is 12.4. The molecule has 0 aliphatic carbocycles. The summed E-state index contributed by atoms with van der Waals surface area (Å²) in [7, 11) is 0. The fourth-order valence-electron chi connectivity index (χ4n) is 3.13. The second kappa shape index (κ2) is 8.08. The largest absolute Gasteiger partial charge is 0.486 e. The van der Waals surface area contributed by atoms with Crippen LogP contribution in [0.15, 0.2) is 54.7 Å². The second-order valence-corrected chi connectivity index (χ2v) is 6.49. The van der Waals surface area contributed by atoms with Crippen molar-refractivity contribution in [1.29, 1.82) is 0 Å². The van der Waals surface area contributed by atoms with Gasteiger partial charge in [-0.2, -0.15) is 0 Å². The average Bonchev–Trinajstić information content (AvgIpc) is 2.75.